The summed E-state index contributed by atoms with van der Waals surface area (Å²) in [6, 6.07) is 14.9. The zero-order valence-corrected chi connectivity index (χ0v) is 14.7. The Balaban J connectivity index is 1.98. The monoisotopic (exact) mass is 359 g/mol. The lowest BCUT2D eigenvalue weighted by atomic mass is 9.79. The molecule has 0 atom stereocenters. The summed E-state index contributed by atoms with van der Waals surface area (Å²) in [7, 11) is 1.31. The fourth-order valence-electron chi connectivity index (χ4n) is 3.59. The molecule has 0 unspecified atom stereocenters. The summed E-state index contributed by atoms with van der Waals surface area (Å²) in [4.78, 5) is 40.3. The first-order chi connectivity index (χ1) is 13.1. The summed E-state index contributed by atoms with van der Waals surface area (Å²) >= 11 is 0. The number of nitrogens with one attached hydrogen (secondary N) is 1. The fourth-order valence-corrected chi connectivity index (χ4v) is 3.59. The molecule has 5 heteroatoms. The van der Waals surface area contributed by atoms with Crippen LogP contribution >= 0.6 is 0 Å². The van der Waals surface area contributed by atoms with Gasteiger partial charge in [-0.2, -0.15) is 0 Å². The third-order valence-electron chi connectivity index (χ3n) is 4.89. The van der Waals surface area contributed by atoms with Gasteiger partial charge in [0.2, 0.25) is 11.6 Å². The number of aromatic nitrogens is 1. The maximum absolute atomic E-state index is 12.9. The average molecular weight is 359 g/mol. The fraction of sp³-hybridized carbons (Fsp3) is 0.136. The van der Waals surface area contributed by atoms with Crippen LogP contribution in [0.3, 0.4) is 0 Å². The summed E-state index contributed by atoms with van der Waals surface area (Å²) in [5.41, 5.74) is 3.95. The molecule has 0 aliphatic heterocycles. The van der Waals surface area contributed by atoms with Crippen molar-refractivity contribution in [2.24, 2.45) is 0 Å². The molecule has 134 valence electrons. The molecule has 0 spiro atoms. The number of rotatable bonds is 4. The smallest absolute Gasteiger partial charge is 0.305 e. The topological polar surface area (TPSA) is 76.2 Å². The number of allylic oxidation sites excluding steroid dienone is 1. The van der Waals surface area contributed by atoms with Gasteiger partial charge in [-0.3, -0.25) is 14.4 Å². The van der Waals surface area contributed by atoms with Gasteiger partial charge in [-0.1, -0.05) is 42.5 Å². The molecule has 1 aliphatic carbocycles. The van der Waals surface area contributed by atoms with Crippen LogP contribution in [0.2, 0.25) is 0 Å². The molecule has 1 heterocycles. The molecule has 0 amide bonds. The Morgan fingerprint density at radius 3 is 2.41 bits per heavy atom. The van der Waals surface area contributed by atoms with E-state index in [2.05, 4.69) is 4.98 Å². The van der Waals surface area contributed by atoms with E-state index in [1.165, 1.54) is 7.11 Å². The first-order valence-corrected chi connectivity index (χ1v) is 8.66. The Morgan fingerprint density at radius 1 is 0.926 bits per heavy atom. The average Bonchev–Trinajstić information content (AvgIpc) is 3.13. The molecule has 2 aromatic carbocycles. The molecule has 1 N–H and O–H groups in total. The second kappa shape index (κ2) is 6.68. The Hall–Kier alpha value is -3.47. The third-order valence-corrected chi connectivity index (χ3v) is 4.89. The standard InChI is InChI=1S/C22H17NO4/c1-27-19(24)11-10-16-20(17-12-23-18-9-5-4-6-13(17)18)14-7-2-3-8-15(14)21(25)22(16)26/h2-9,12,23H,10-11H2,1H3. The number of esters is 1. The van der Waals surface area contributed by atoms with Crippen molar-refractivity contribution in [3.8, 4) is 0 Å². The van der Waals surface area contributed by atoms with Gasteiger partial charge >= 0.3 is 5.97 Å². The Bertz CT molecular complexity index is 1120. The van der Waals surface area contributed by atoms with Crippen molar-refractivity contribution in [1.29, 1.82) is 0 Å². The van der Waals surface area contributed by atoms with Crippen molar-refractivity contribution in [2.45, 2.75) is 12.8 Å². The zero-order valence-electron chi connectivity index (χ0n) is 14.7. The maximum atomic E-state index is 12.9. The minimum atomic E-state index is -0.558. The van der Waals surface area contributed by atoms with E-state index < -0.39 is 17.5 Å². The molecule has 0 saturated heterocycles. The van der Waals surface area contributed by atoms with Crippen molar-refractivity contribution < 1.29 is 19.1 Å². The molecule has 0 bridgehead atoms. The molecule has 4 rings (SSSR count). The summed E-state index contributed by atoms with van der Waals surface area (Å²) in [5.74, 6) is -1.51. The van der Waals surface area contributed by atoms with Crippen LogP contribution in [-0.2, 0) is 14.3 Å². The van der Waals surface area contributed by atoms with E-state index in [0.717, 1.165) is 16.5 Å². The van der Waals surface area contributed by atoms with Crippen LogP contribution in [0, 0.1) is 0 Å². The van der Waals surface area contributed by atoms with Gasteiger partial charge < -0.3 is 9.72 Å². The van der Waals surface area contributed by atoms with Crippen LogP contribution in [0.5, 0.6) is 0 Å². The number of methoxy groups -OCH3 is 1. The minimum absolute atomic E-state index is 0.0406. The third kappa shape index (κ3) is 2.77. The van der Waals surface area contributed by atoms with E-state index in [0.29, 0.717) is 22.3 Å². The molecule has 1 aliphatic rings. The highest BCUT2D eigenvalue weighted by Gasteiger charge is 2.33. The lowest BCUT2D eigenvalue weighted by Gasteiger charge is -2.21. The predicted octanol–water partition coefficient (Wildman–Crippen LogP) is 3.69. The number of hydrogen-bond donors (Lipinski definition) is 1. The number of carbonyl (C=O) groups excluding carboxylic acids is 3. The van der Waals surface area contributed by atoms with Crippen LogP contribution < -0.4 is 0 Å². The number of H-pyrrole nitrogens is 1. The minimum Gasteiger partial charge on any atom is -0.469 e. The molecule has 27 heavy (non-hydrogen) atoms. The maximum Gasteiger partial charge on any atom is 0.305 e. The number of benzene rings is 2. The van der Waals surface area contributed by atoms with Gasteiger partial charge in [-0.25, -0.2) is 0 Å². The van der Waals surface area contributed by atoms with Crippen LogP contribution in [0.1, 0.15) is 34.3 Å². The van der Waals surface area contributed by atoms with Crippen molar-refractivity contribution in [3.63, 3.8) is 0 Å². The summed E-state index contributed by atoms with van der Waals surface area (Å²) in [6.07, 6.45) is 2.04. The van der Waals surface area contributed by atoms with Crippen molar-refractivity contribution in [3.05, 3.63) is 77.0 Å². The number of ether oxygens (including phenoxy) is 1. The van der Waals surface area contributed by atoms with Crippen LogP contribution in [0.15, 0.2) is 60.3 Å². The van der Waals surface area contributed by atoms with Crippen LogP contribution in [0.4, 0.5) is 0 Å². The largest absolute Gasteiger partial charge is 0.469 e. The van der Waals surface area contributed by atoms with Crippen molar-refractivity contribution >= 4 is 34.0 Å². The van der Waals surface area contributed by atoms with Gasteiger partial charge in [0.1, 0.15) is 0 Å². The number of carbonyl (C=O) groups is 3. The van der Waals surface area contributed by atoms with Gasteiger partial charge in [0.05, 0.1) is 7.11 Å². The zero-order chi connectivity index (χ0) is 19.0. The molecular formula is C22H17NO4. The molecular weight excluding hydrogens is 342 g/mol. The first kappa shape index (κ1) is 17.0. The highest BCUT2D eigenvalue weighted by Crippen LogP contribution is 2.39. The van der Waals surface area contributed by atoms with Crippen molar-refractivity contribution in [1.82, 2.24) is 4.98 Å². The van der Waals surface area contributed by atoms with Gasteiger partial charge in [-0.15, -0.1) is 0 Å². The molecule has 3 aromatic rings. The molecule has 5 nitrogen and oxygen atoms in total. The van der Waals surface area contributed by atoms with Gasteiger partial charge in [0.15, 0.2) is 0 Å². The van der Waals surface area contributed by atoms with E-state index in [-0.39, 0.29) is 12.8 Å². The van der Waals surface area contributed by atoms with E-state index >= 15 is 0 Å². The highest BCUT2D eigenvalue weighted by atomic mass is 16.5. The van der Waals surface area contributed by atoms with E-state index in [1.807, 2.05) is 42.6 Å². The second-order valence-corrected chi connectivity index (χ2v) is 6.38. The van der Waals surface area contributed by atoms with Gasteiger partial charge in [-0.05, 0) is 23.6 Å². The predicted molar refractivity (Wildman–Crippen MR) is 101 cm³/mol. The van der Waals surface area contributed by atoms with Crippen LogP contribution in [-0.4, -0.2) is 29.6 Å². The molecule has 0 radical (unpaired) electrons. The Labute approximate surface area is 155 Å². The Morgan fingerprint density at radius 2 is 1.63 bits per heavy atom. The first-order valence-electron chi connectivity index (χ1n) is 8.66. The summed E-state index contributed by atoms with van der Waals surface area (Å²) in [6.45, 7) is 0. The summed E-state index contributed by atoms with van der Waals surface area (Å²) < 4.78 is 4.71. The second-order valence-electron chi connectivity index (χ2n) is 6.38. The highest BCUT2D eigenvalue weighted by molar-refractivity contribution is 6.53. The number of fused-ring (bicyclic) bond motifs is 2. The van der Waals surface area contributed by atoms with E-state index in [1.54, 1.807) is 12.1 Å². The Kier molecular flexibility index (Phi) is 4.20. The number of para-hydroxylation sites is 1. The van der Waals surface area contributed by atoms with E-state index in [4.69, 9.17) is 4.74 Å². The molecule has 0 fully saturated rings. The normalized spacial score (nSPS) is 13.8. The number of ketones is 2. The SMILES string of the molecule is COC(=O)CCC1=C(c2c[nH]c3ccccc23)c2ccccc2C(=O)C1=O. The van der Waals surface area contributed by atoms with Crippen LogP contribution in [0.25, 0.3) is 16.5 Å². The number of hydrogen-bond acceptors (Lipinski definition) is 4. The number of aromatic amines is 1. The molecule has 1 aromatic heterocycles. The quantitative estimate of drug-likeness (QED) is 0.569. The van der Waals surface area contributed by atoms with E-state index in [9.17, 15) is 14.4 Å². The summed E-state index contributed by atoms with van der Waals surface area (Å²) in [5, 5.41) is 0.958. The van der Waals surface area contributed by atoms with Gasteiger partial charge in [0.25, 0.3) is 0 Å². The molecule has 0 saturated carbocycles. The van der Waals surface area contributed by atoms with Gasteiger partial charge in [0, 0.05) is 40.2 Å². The lowest BCUT2D eigenvalue weighted by molar-refractivity contribution is -0.140. The van der Waals surface area contributed by atoms with Crippen molar-refractivity contribution in [2.75, 3.05) is 7.11 Å². The number of Topliss-reactive ketones (excluding diaryl/α,β-unsaturated/α-hetero) is 2. The lowest BCUT2D eigenvalue weighted by Crippen LogP contribution is -2.25.